The van der Waals surface area contributed by atoms with Gasteiger partial charge in [0.1, 0.15) is 24.7 Å². The maximum absolute atomic E-state index is 6.20. The molecule has 33 heavy (non-hydrogen) atoms. The Labute approximate surface area is 196 Å². The maximum atomic E-state index is 6.20. The van der Waals surface area contributed by atoms with Gasteiger partial charge in [-0.25, -0.2) is 0 Å². The second-order valence-corrected chi connectivity index (χ2v) is 10.6. The first-order valence-corrected chi connectivity index (χ1v) is 11.3. The molecule has 178 valence electrons. The van der Waals surface area contributed by atoms with Gasteiger partial charge in [0.2, 0.25) is 13.6 Å². The molecule has 0 spiro atoms. The summed E-state index contributed by atoms with van der Waals surface area (Å²) in [6.07, 6.45) is 2.04. The smallest absolute Gasteiger partial charge is 0.231 e. The van der Waals surface area contributed by atoms with Gasteiger partial charge in [0, 0.05) is 23.3 Å². The van der Waals surface area contributed by atoms with Crippen molar-refractivity contribution in [1.29, 1.82) is 0 Å². The van der Waals surface area contributed by atoms with Gasteiger partial charge in [0.25, 0.3) is 0 Å². The maximum Gasteiger partial charge on any atom is 0.231 e. The second-order valence-electron chi connectivity index (χ2n) is 10.6. The lowest BCUT2D eigenvalue weighted by atomic mass is 9.86. The van der Waals surface area contributed by atoms with E-state index in [1.165, 1.54) is 0 Å². The molecule has 2 aromatic rings. The highest BCUT2D eigenvalue weighted by Gasteiger charge is 2.26. The average molecular weight is 455 g/mol. The molecule has 0 bridgehead atoms. The third-order valence-corrected chi connectivity index (χ3v) is 5.69. The summed E-state index contributed by atoms with van der Waals surface area (Å²) in [6.45, 7) is 16.4. The molecule has 2 aliphatic heterocycles. The van der Waals surface area contributed by atoms with Crippen molar-refractivity contribution in [3.63, 3.8) is 0 Å². The van der Waals surface area contributed by atoms with Gasteiger partial charge in [0.05, 0.1) is 0 Å². The van der Waals surface area contributed by atoms with Crippen LogP contribution in [0.1, 0.15) is 59.6 Å². The Kier molecular flexibility index (Phi) is 6.12. The Balaban J connectivity index is 1.44. The number of benzene rings is 2. The fourth-order valence-corrected chi connectivity index (χ4v) is 3.78. The van der Waals surface area contributed by atoms with E-state index in [1.807, 2.05) is 37.3 Å². The molecule has 0 saturated carbocycles. The van der Waals surface area contributed by atoms with Crippen LogP contribution in [0.5, 0.6) is 34.5 Å². The van der Waals surface area contributed by atoms with E-state index in [2.05, 4.69) is 41.5 Å². The van der Waals surface area contributed by atoms with Crippen molar-refractivity contribution in [2.24, 2.45) is 0 Å². The molecule has 0 aliphatic carbocycles. The zero-order chi connectivity index (χ0) is 23.8. The molecule has 2 aromatic carbocycles. The van der Waals surface area contributed by atoms with Crippen LogP contribution in [0.15, 0.2) is 35.9 Å². The zero-order valence-corrected chi connectivity index (χ0v) is 20.7. The minimum Gasteiger partial charge on any atom is -0.489 e. The van der Waals surface area contributed by atoms with Crippen LogP contribution in [0.25, 0.3) is 0 Å². The van der Waals surface area contributed by atoms with Gasteiger partial charge in [0.15, 0.2) is 23.0 Å². The second kappa shape index (κ2) is 8.73. The molecule has 0 unspecified atom stereocenters. The monoisotopic (exact) mass is 454 g/mol. The normalized spacial score (nSPS) is 15.1. The van der Waals surface area contributed by atoms with E-state index in [0.717, 1.165) is 51.2 Å². The molecule has 0 fully saturated rings. The van der Waals surface area contributed by atoms with Crippen molar-refractivity contribution in [1.82, 2.24) is 0 Å². The lowest BCUT2D eigenvalue weighted by Gasteiger charge is -2.23. The molecular formula is C27H34O6. The summed E-state index contributed by atoms with van der Waals surface area (Å²) in [5, 5.41) is 0. The van der Waals surface area contributed by atoms with Crippen LogP contribution >= 0.6 is 0 Å². The highest BCUT2D eigenvalue weighted by Crippen LogP contribution is 2.44. The summed E-state index contributed by atoms with van der Waals surface area (Å²) in [5.74, 6) is 4.60. The third kappa shape index (κ3) is 5.15. The van der Waals surface area contributed by atoms with Crippen LogP contribution in [0.2, 0.25) is 0 Å². The predicted octanol–water partition coefficient (Wildman–Crippen LogP) is 6.14. The molecule has 0 saturated heterocycles. The summed E-state index contributed by atoms with van der Waals surface area (Å²) in [5.41, 5.74) is 3.08. The van der Waals surface area contributed by atoms with Crippen LogP contribution in [-0.4, -0.2) is 26.8 Å². The van der Waals surface area contributed by atoms with Gasteiger partial charge < -0.3 is 28.4 Å². The molecular weight excluding hydrogens is 420 g/mol. The predicted molar refractivity (Wildman–Crippen MR) is 127 cm³/mol. The van der Waals surface area contributed by atoms with E-state index in [9.17, 15) is 0 Å². The van der Waals surface area contributed by atoms with Crippen molar-refractivity contribution in [2.75, 3.05) is 26.8 Å². The molecule has 6 heteroatoms. The molecule has 0 N–H and O–H groups in total. The molecule has 0 aromatic heterocycles. The van der Waals surface area contributed by atoms with E-state index in [0.29, 0.717) is 13.2 Å². The minimum absolute atomic E-state index is 0.0824. The first-order valence-electron chi connectivity index (χ1n) is 11.3. The van der Waals surface area contributed by atoms with Crippen LogP contribution in [0.4, 0.5) is 0 Å². The molecule has 0 amide bonds. The summed E-state index contributed by atoms with van der Waals surface area (Å²) < 4.78 is 34.5. The Morgan fingerprint density at radius 1 is 0.727 bits per heavy atom. The summed E-state index contributed by atoms with van der Waals surface area (Å²) in [6, 6.07) is 7.89. The van der Waals surface area contributed by atoms with Gasteiger partial charge in [-0.3, -0.25) is 0 Å². The number of fused-ring (bicyclic) bond motifs is 2. The van der Waals surface area contributed by atoms with Crippen molar-refractivity contribution in [2.45, 2.75) is 59.3 Å². The third-order valence-electron chi connectivity index (χ3n) is 5.69. The summed E-state index contributed by atoms with van der Waals surface area (Å²) in [7, 11) is 0. The van der Waals surface area contributed by atoms with E-state index >= 15 is 0 Å². The Morgan fingerprint density at radius 2 is 1.15 bits per heavy atom. The fraction of sp³-hybridized carbons (Fsp3) is 0.481. The van der Waals surface area contributed by atoms with Crippen molar-refractivity contribution in [3.05, 3.63) is 47.0 Å². The highest BCUT2D eigenvalue weighted by molar-refractivity contribution is 5.55. The van der Waals surface area contributed by atoms with Crippen molar-refractivity contribution >= 4 is 0 Å². The molecule has 2 heterocycles. The van der Waals surface area contributed by atoms with Gasteiger partial charge in [-0.05, 0) is 41.5 Å². The lowest BCUT2D eigenvalue weighted by molar-refractivity contribution is 0.173. The number of ether oxygens (including phenoxy) is 6. The Morgan fingerprint density at radius 3 is 1.61 bits per heavy atom. The van der Waals surface area contributed by atoms with Gasteiger partial charge in [-0.15, -0.1) is 0 Å². The van der Waals surface area contributed by atoms with E-state index in [4.69, 9.17) is 28.4 Å². The topological polar surface area (TPSA) is 55.4 Å². The van der Waals surface area contributed by atoms with Crippen LogP contribution < -0.4 is 28.4 Å². The lowest BCUT2D eigenvalue weighted by Crippen LogP contribution is -2.14. The van der Waals surface area contributed by atoms with Gasteiger partial charge >= 0.3 is 0 Å². The fourth-order valence-electron chi connectivity index (χ4n) is 3.78. The summed E-state index contributed by atoms with van der Waals surface area (Å²) >= 11 is 0. The van der Waals surface area contributed by atoms with Gasteiger partial charge in [-0.2, -0.15) is 0 Å². The van der Waals surface area contributed by atoms with Crippen LogP contribution in [0, 0.1) is 0 Å². The number of rotatable bonds is 6. The largest absolute Gasteiger partial charge is 0.489 e. The molecule has 0 radical (unpaired) electrons. The van der Waals surface area contributed by atoms with Crippen LogP contribution in [-0.2, 0) is 10.8 Å². The molecule has 6 nitrogen and oxygen atoms in total. The minimum atomic E-state index is -0.0836. The van der Waals surface area contributed by atoms with E-state index < -0.39 is 0 Å². The highest BCUT2D eigenvalue weighted by atomic mass is 16.7. The molecule has 2 aliphatic rings. The zero-order valence-electron chi connectivity index (χ0n) is 20.7. The van der Waals surface area contributed by atoms with Gasteiger partial charge in [-0.1, -0.05) is 41.5 Å². The Bertz CT molecular complexity index is 1060. The quantitative estimate of drug-likeness (QED) is 0.489. The van der Waals surface area contributed by atoms with Crippen LogP contribution in [0.3, 0.4) is 0 Å². The van der Waals surface area contributed by atoms with Crippen molar-refractivity contribution in [3.8, 4) is 34.5 Å². The first kappa shape index (κ1) is 23.1. The van der Waals surface area contributed by atoms with Crippen molar-refractivity contribution < 1.29 is 28.4 Å². The van der Waals surface area contributed by atoms with E-state index in [1.54, 1.807) is 0 Å². The average Bonchev–Trinajstić information content (AvgIpc) is 3.37. The van der Waals surface area contributed by atoms with E-state index in [-0.39, 0.29) is 24.4 Å². The number of hydrogen-bond acceptors (Lipinski definition) is 6. The SMILES string of the molecule is C/C(=C/COc1cc2c(cc1C(C)(C)C)OCO2)COc1cc2c(cc1C(C)(C)C)OCO2. The Hall–Kier alpha value is -3.02. The molecule has 0 atom stereocenters. The molecule has 4 rings (SSSR count). The first-order chi connectivity index (χ1) is 15.5. The standard InChI is InChI=1S/C27H34O6/c1-17(14-29-21-13-25-23(31-16-33-25)11-19(21)27(5,6)7)8-9-28-20-12-24-22(30-15-32-24)10-18(20)26(2,3)4/h8,10-13H,9,14-16H2,1-7H3/b17-8-. The number of hydrogen-bond donors (Lipinski definition) is 0. The summed E-state index contributed by atoms with van der Waals surface area (Å²) in [4.78, 5) is 0.